The molecule has 0 aliphatic heterocycles. The van der Waals surface area contributed by atoms with Crippen LogP contribution in [0, 0.1) is 6.92 Å². The highest BCUT2D eigenvalue weighted by atomic mass is 32.2. The highest BCUT2D eigenvalue weighted by molar-refractivity contribution is 7.87. The first-order chi connectivity index (χ1) is 9.30. The summed E-state index contributed by atoms with van der Waals surface area (Å²) in [6.07, 6.45) is 1.63. The van der Waals surface area contributed by atoms with Gasteiger partial charge >= 0.3 is 16.3 Å². The second kappa shape index (κ2) is 7.25. The zero-order chi connectivity index (χ0) is 15.2. The third kappa shape index (κ3) is 5.58. The van der Waals surface area contributed by atoms with Crippen LogP contribution in [0.25, 0.3) is 0 Å². The topological polar surface area (TPSA) is 94.9 Å². The summed E-state index contributed by atoms with van der Waals surface area (Å²) in [5, 5.41) is 8.51. The molecule has 0 radical (unpaired) electrons. The number of unbranched alkanes of at least 4 members (excludes halogenated alkanes) is 2. The largest absolute Gasteiger partial charge is 0.481 e. The number of carboxylic acid groups (broad SMARTS) is 1. The number of carbonyl (C=O) groups is 1. The molecule has 112 valence electrons. The van der Waals surface area contributed by atoms with Crippen molar-refractivity contribution in [1.29, 1.82) is 0 Å². The van der Waals surface area contributed by atoms with Crippen molar-refractivity contribution in [2.75, 3.05) is 10.8 Å². The summed E-state index contributed by atoms with van der Waals surface area (Å²) in [5.41, 5.74) is 1.39. The quantitative estimate of drug-likeness (QED) is 0.567. The van der Waals surface area contributed by atoms with Gasteiger partial charge in [0.05, 0.1) is 5.69 Å². The molecule has 0 heterocycles. The fraction of sp³-hybridized carbons (Fsp3) is 0.462. The van der Waals surface area contributed by atoms with Gasteiger partial charge in [-0.1, -0.05) is 24.1 Å². The minimum absolute atomic E-state index is 0.0659. The average Bonchev–Trinajstić information content (AvgIpc) is 2.33. The number of hydrogen-bond donors (Lipinski definition) is 2. The summed E-state index contributed by atoms with van der Waals surface area (Å²) in [4.78, 5) is 10.4. The molecule has 1 rings (SSSR count). The molecule has 0 atom stereocenters. The minimum atomic E-state index is -4.32. The average molecular weight is 301 g/mol. The van der Waals surface area contributed by atoms with Crippen molar-refractivity contribution in [3.05, 3.63) is 29.8 Å². The molecule has 0 bridgehead atoms. The molecule has 0 spiro atoms. The van der Waals surface area contributed by atoms with Gasteiger partial charge in [0, 0.05) is 13.0 Å². The number of anilines is 1. The van der Waals surface area contributed by atoms with E-state index in [9.17, 15) is 17.8 Å². The van der Waals surface area contributed by atoms with Gasteiger partial charge in [0.1, 0.15) is 0 Å². The Morgan fingerprint density at radius 3 is 2.25 bits per heavy atom. The summed E-state index contributed by atoms with van der Waals surface area (Å²) in [6, 6.07) is 6.77. The number of aliphatic carboxylic acids is 1. The van der Waals surface area contributed by atoms with E-state index in [1.165, 1.54) is 0 Å². The molecule has 0 saturated heterocycles. The number of aryl methyl sites for hydroxylation is 1. The Morgan fingerprint density at radius 1 is 1.15 bits per heavy atom. The number of nitrogens with zero attached hydrogens (tertiary/aromatic N) is 1. The first-order valence-electron chi connectivity index (χ1n) is 6.34. The fourth-order valence-corrected chi connectivity index (χ4v) is 2.55. The molecule has 7 heteroatoms. The molecule has 0 unspecified atom stereocenters. The Balaban J connectivity index is 2.63. The van der Waals surface area contributed by atoms with Crippen molar-refractivity contribution < 1.29 is 22.9 Å². The van der Waals surface area contributed by atoms with Crippen LogP contribution in [0.15, 0.2) is 24.3 Å². The van der Waals surface area contributed by atoms with E-state index < -0.39 is 16.3 Å². The molecular weight excluding hydrogens is 282 g/mol. The monoisotopic (exact) mass is 301 g/mol. The van der Waals surface area contributed by atoms with Gasteiger partial charge in [-0.25, -0.2) is 4.31 Å². The van der Waals surface area contributed by atoms with Gasteiger partial charge in [0.25, 0.3) is 0 Å². The third-order valence-electron chi connectivity index (χ3n) is 2.85. The van der Waals surface area contributed by atoms with E-state index >= 15 is 0 Å². The zero-order valence-corrected chi connectivity index (χ0v) is 12.1. The highest BCUT2D eigenvalue weighted by Crippen LogP contribution is 2.19. The molecule has 0 aliphatic rings. The van der Waals surface area contributed by atoms with Crippen molar-refractivity contribution in [3.8, 4) is 0 Å². The van der Waals surface area contributed by atoms with E-state index in [0.717, 1.165) is 9.87 Å². The van der Waals surface area contributed by atoms with E-state index in [0.29, 0.717) is 24.9 Å². The van der Waals surface area contributed by atoms with Crippen LogP contribution in [0.4, 0.5) is 5.69 Å². The fourth-order valence-electron chi connectivity index (χ4n) is 1.80. The van der Waals surface area contributed by atoms with Crippen LogP contribution in [0.2, 0.25) is 0 Å². The molecular formula is C13H19NO5S. The van der Waals surface area contributed by atoms with Crippen LogP contribution in [-0.4, -0.2) is 30.6 Å². The summed E-state index contributed by atoms with van der Waals surface area (Å²) < 4.78 is 32.9. The highest BCUT2D eigenvalue weighted by Gasteiger charge is 2.18. The summed E-state index contributed by atoms with van der Waals surface area (Å²) >= 11 is 0. The van der Waals surface area contributed by atoms with Gasteiger partial charge in [0.2, 0.25) is 0 Å². The molecule has 2 N–H and O–H groups in total. The number of benzene rings is 1. The second-order valence-corrected chi connectivity index (χ2v) is 5.93. The van der Waals surface area contributed by atoms with E-state index in [1.54, 1.807) is 24.3 Å². The Morgan fingerprint density at radius 2 is 1.75 bits per heavy atom. The Bertz CT molecular complexity index is 538. The van der Waals surface area contributed by atoms with Gasteiger partial charge in [-0.2, -0.15) is 8.42 Å². The van der Waals surface area contributed by atoms with Gasteiger partial charge in [0.15, 0.2) is 0 Å². The van der Waals surface area contributed by atoms with Crippen LogP contribution in [0.5, 0.6) is 0 Å². The predicted octanol–water partition coefficient (Wildman–Crippen LogP) is 2.25. The number of hydrogen-bond acceptors (Lipinski definition) is 3. The van der Waals surface area contributed by atoms with Crippen LogP contribution < -0.4 is 4.31 Å². The van der Waals surface area contributed by atoms with Crippen LogP contribution >= 0.6 is 0 Å². The molecule has 6 nitrogen and oxygen atoms in total. The molecule has 20 heavy (non-hydrogen) atoms. The van der Waals surface area contributed by atoms with Gasteiger partial charge in [-0.3, -0.25) is 9.35 Å². The van der Waals surface area contributed by atoms with Crippen LogP contribution in [-0.2, 0) is 15.1 Å². The molecule has 0 aromatic heterocycles. The van der Waals surface area contributed by atoms with Crippen molar-refractivity contribution >= 4 is 22.0 Å². The van der Waals surface area contributed by atoms with E-state index in [-0.39, 0.29) is 13.0 Å². The Hall–Kier alpha value is -1.60. The zero-order valence-electron chi connectivity index (χ0n) is 11.3. The summed E-state index contributed by atoms with van der Waals surface area (Å²) in [6.45, 7) is 2.01. The Kier molecular flexibility index (Phi) is 5.97. The van der Waals surface area contributed by atoms with Crippen molar-refractivity contribution in [1.82, 2.24) is 0 Å². The molecule has 0 aliphatic carbocycles. The van der Waals surface area contributed by atoms with Crippen molar-refractivity contribution in [3.63, 3.8) is 0 Å². The molecule has 1 aromatic carbocycles. The maximum absolute atomic E-state index is 11.4. The SMILES string of the molecule is Cc1ccc(N(CCCCCC(=O)O)S(=O)(=O)O)cc1. The van der Waals surface area contributed by atoms with E-state index in [4.69, 9.17) is 5.11 Å². The number of carboxylic acids is 1. The first-order valence-corrected chi connectivity index (χ1v) is 7.74. The summed E-state index contributed by atoms with van der Waals surface area (Å²) in [7, 11) is -4.32. The molecule has 1 aromatic rings. The lowest BCUT2D eigenvalue weighted by Crippen LogP contribution is -2.31. The van der Waals surface area contributed by atoms with Gasteiger partial charge < -0.3 is 5.11 Å². The predicted molar refractivity (Wildman–Crippen MR) is 76.2 cm³/mol. The standard InChI is InChI=1S/C13H19NO5S/c1-11-6-8-12(9-7-11)14(20(17,18)19)10-4-2-3-5-13(15)16/h6-9H,2-5,10H2,1H3,(H,15,16)(H,17,18,19). The second-order valence-electron chi connectivity index (χ2n) is 4.59. The lowest BCUT2D eigenvalue weighted by Gasteiger charge is -2.20. The smallest absolute Gasteiger partial charge is 0.359 e. The number of rotatable bonds is 8. The van der Waals surface area contributed by atoms with E-state index in [1.807, 2.05) is 6.92 Å². The lowest BCUT2D eigenvalue weighted by atomic mass is 10.2. The summed E-state index contributed by atoms with van der Waals surface area (Å²) in [5.74, 6) is -0.866. The molecule has 0 fully saturated rings. The van der Waals surface area contributed by atoms with Gasteiger partial charge in [-0.05, 0) is 31.9 Å². The van der Waals surface area contributed by atoms with E-state index in [2.05, 4.69) is 0 Å². The third-order valence-corrected chi connectivity index (χ3v) is 3.80. The maximum Gasteiger partial charge on any atom is 0.359 e. The van der Waals surface area contributed by atoms with Gasteiger partial charge in [-0.15, -0.1) is 0 Å². The minimum Gasteiger partial charge on any atom is -0.481 e. The molecule has 0 amide bonds. The molecule has 0 saturated carbocycles. The van der Waals surface area contributed by atoms with Crippen LogP contribution in [0.3, 0.4) is 0 Å². The van der Waals surface area contributed by atoms with Crippen molar-refractivity contribution in [2.45, 2.75) is 32.6 Å². The van der Waals surface area contributed by atoms with Crippen molar-refractivity contribution in [2.24, 2.45) is 0 Å². The first kappa shape index (κ1) is 16.5. The maximum atomic E-state index is 11.4. The lowest BCUT2D eigenvalue weighted by molar-refractivity contribution is -0.137. The van der Waals surface area contributed by atoms with Crippen LogP contribution in [0.1, 0.15) is 31.2 Å². The normalized spacial score (nSPS) is 11.3. The Labute approximate surface area is 118 Å².